The number of halogens is 1. The highest BCUT2D eigenvalue weighted by Gasteiger charge is 2.12. The summed E-state index contributed by atoms with van der Waals surface area (Å²) in [7, 11) is 1.63. The highest BCUT2D eigenvalue weighted by Crippen LogP contribution is 2.34. The zero-order valence-electron chi connectivity index (χ0n) is 11.0. The number of hydrogen-bond donors (Lipinski definition) is 0. The first-order chi connectivity index (χ1) is 9.67. The van der Waals surface area contributed by atoms with Crippen molar-refractivity contribution in [3.63, 3.8) is 0 Å². The summed E-state index contributed by atoms with van der Waals surface area (Å²) in [6, 6.07) is 11.1. The predicted molar refractivity (Wildman–Crippen MR) is 79.5 cm³/mol. The second kappa shape index (κ2) is 5.17. The summed E-state index contributed by atoms with van der Waals surface area (Å²) in [5.41, 5.74) is 1.39. The first kappa shape index (κ1) is 13.0. The summed E-state index contributed by atoms with van der Waals surface area (Å²) in [4.78, 5) is 4.36. The van der Waals surface area contributed by atoms with Gasteiger partial charge in [0.05, 0.1) is 11.6 Å². The number of fused-ring (bicyclic) bond motifs is 1. The van der Waals surface area contributed by atoms with Gasteiger partial charge >= 0.3 is 0 Å². The van der Waals surface area contributed by atoms with Crippen molar-refractivity contribution in [3.8, 4) is 17.2 Å². The molecule has 0 saturated carbocycles. The number of rotatable bonds is 3. The van der Waals surface area contributed by atoms with Gasteiger partial charge in [0.25, 0.3) is 0 Å². The zero-order chi connectivity index (χ0) is 14.1. The van der Waals surface area contributed by atoms with Crippen molar-refractivity contribution in [1.29, 1.82) is 0 Å². The lowest BCUT2D eigenvalue weighted by molar-refractivity contribution is 0.413. The van der Waals surface area contributed by atoms with Gasteiger partial charge in [0.15, 0.2) is 22.7 Å². The Hall–Kier alpha value is -2.01. The second-order valence-electron chi connectivity index (χ2n) is 4.23. The number of aryl methyl sites for hydroxylation is 1. The van der Waals surface area contributed by atoms with Crippen LogP contribution < -0.4 is 9.47 Å². The second-order valence-corrected chi connectivity index (χ2v) is 5.09. The van der Waals surface area contributed by atoms with Crippen LogP contribution in [-0.4, -0.2) is 12.1 Å². The van der Waals surface area contributed by atoms with E-state index in [1.54, 1.807) is 7.11 Å². The molecule has 0 amide bonds. The molecule has 20 heavy (non-hydrogen) atoms. The molecule has 3 aromatic rings. The minimum Gasteiger partial charge on any atom is -0.497 e. The average molecular weight is 334 g/mol. The van der Waals surface area contributed by atoms with E-state index in [4.69, 9.17) is 13.9 Å². The molecule has 0 radical (unpaired) electrons. The minimum absolute atomic E-state index is 0.603. The summed E-state index contributed by atoms with van der Waals surface area (Å²) < 4.78 is 17.4. The molecule has 3 rings (SSSR count). The first-order valence-corrected chi connectivity index (χ1v) is 6.84. The van der Waals surface area contributed by atoms with Crippen molar-refractivity contribution in [2.75, 3.05) is 7.11 Å². The lowest BCUT2D eigenvalue weighted by Gasteiger charge is -2.07. The molecule has 0 unspecified atom stereocenters. The summed E-state index contributed by atoms with van der Waals surface area (Å²) in [6.45, 7) is 1.81. The van der Waals surface area contributed by atoms with Crippen LogP contribution in [0.3, 0.4) is 0 Å². The molecule has 5 heteroatoms. The fourth-order valence-electron chi connectivity index (χ4n) is 1.91. The summed E-state index contributed by atoms with van der Waals surface area (Å²) in [5, 5.41) is 0. The Labute approximate surface area is 124 Å². The van der Waals surface area contributed by atoms with Crippen LogP contribution in [0.4, 0.5) is 0 Å². The average Bonchev–Trinajstić information content (AvgIpc) is 2.86. The van der Waals surface area contributed by atoms with Crippen molar-refractivity contribution in [3.05, 3.63) is 46.8 Å². The summed E-state index contributed by atoms with van der Waals surface area (Å²) >= 11 is 3.44. The third-order valence-corrected chi connectivity index (χ3v) is 3.48. The Morgan fingerprint density at radius 1 is 1.05 bits per heavy atom. The van der Waals surface area contributed by atoms with Crippen LogP contribution in [0, 0.1) is 6.92 Å². The van der Waals surface area contributed by atoms with Gasteiger partial charge in [-0.2, -0.15) is 0 Å². The van der Waals surface area contributed by atoms with Gasteiger partial charge in [0.1, 0.15) is 11.5 Å². The number of ether oxygens (including phenoxy) is 2. The van der Waals surface area contributed by atoms with Crippen molar-refractivity contribution in [1.82, 2.24) is 4.98 Å². The maximum absolute atomic E-state index is 5.86. The van der Waals surface area contributed by atoms with Gasteiger partial charge in [-0.15, -0.1) is 0 Å². The van der Waals surface area contributed by atoms with Crippen LogP contribution >= 0.6 is 15.9 Å². The normalized spacial score (nSPS) is 10.8. The molecule has 0 spiro atoms. The molecule has 0 saturated heterocycles. The number of hydrogen-bond acceptors (Lipinski definition) is 4. The third kappa shape index (κ3) is 2.36. The Kier molecular flexibility index (Phi) is 3.36. The van der Waals surface area contributed by atoms with Gasteiger partial charge < -0.3 is 13.9 Å². The van der Waals surface area contributed by atoms with Gasteiger partial charge in [0.2, 0.25) is 0 Å². The molecule has 0 aliphatic rings. The van der Waals surface area contributed by atoms with E-state index in [-0.39, 0.29) is 0 Å². The molecule has 4 nitrogen and oxygen atoms in total. The number of nitrogens with zero attached hydrogens (tertiary/aromatic N) is 1. The van der Waals surface area contributed by atoms with Gasteiger partial charge in [0, 0.05) is 6.92 Å². The van der Waals surface area contributed by atoms with E-state index in [1.807, 2.05) is 43.3 Å². The molecule has 0 N–H and O–H groups in total. The summed E-state index contributed by atoms with van der Waals surface area (Å²) in [6.07, 6.45) is 0. The topological polar surface area (TPSA) is 44.5 Å². The maximum Gasteiger partial charge on any atom is 0.192 e. The molecule has 0 bridgehead atoms. The first-order valence-electron chi connectivity index (χ1n) is 6.05. The number of oxazole rings is 1. The zero-order valence-corrected chi connectivity index (χ0v) is 12.6. The van der Waals surface area contributed by atoms with Crippen LogP contribution in [0.2, 0.25) is 0 Å². The smallest absolute Gasteiger partial charge is 0.192 e. The molecule has 0 atom stereocenters. The number of aromatic nitrogens is 1. The molecule has 0 fully saturated rings. The van der Waals surface area contributed by atoms with E-state index in [1.165, 1.54) is 0 Å². The number of methoxy groups -OCH3 is 1. The summed E-state index contributed by atoms with van der Waals surface area (Å²) in [5.74, 6) is 2.77. The molecular formula is C15H12BrNO3. The van der Waals surface area contributed by atoms with Gasteiger partial charge in [-0.25, -0.2) is 4.98 Å². The van der Waals surface area contributed by atoms with E-state index >= 15 is 0 Å². The Morgan fingerprint density at radius 2 is 1.75 bits per heavy atom. The van der Waals surface area contributed by atoms with E-state index in [0.717, 1.165) is 16.0 Å². The van der Waals surface area contributed by atoms with E-state index in [9.17, 15) is 0 Å². The monoisotopic (exact) mass is 333 g/mol. The molecule has 2 aromatic carbocycles. The molecular weight excluding hydrogens is 322 g/mol. The largest absolute Gasteiger partial charge is 0.497 e. The third-order valence-electron chi connectivity index (χ3n) is 2.85. The van der Waals surface area contributed by atoms with Gasteiger partial charge in [-0.1, -0.05) is 0 Å². The molecule has 1 aromatic heterocycles. The predicted octanol–water partition coefficient (Wildman–Crippen LogP) is 4.70. The molecule has 0 aliphatic heterocycles. The van der Waals surface area contributed by atoms with Gasteiger partial charge in [-0.05, 0) is 52.3 Å². The highest BCUT2D eigenvalue weighted by molar-refractivity contribution is 9.10. The van der Waals surface area contributed by atoms with Crippen LogP contribution in [-0.2, 0) is 0 Å². The van der Waals surface area contributed by atoms with Crippen molar-refractivity contribution in [2.45, 2.75) is 6.92 Å². The van der Waals surface area contributed by atoms with Crippen LogP contribution in [0.5, 0.6) is 17.2 Å². The van der Waals surface area contributed by atoms with Crippen LogP contribution in [0.15, 0.2) is 45.3 Å². The SMILES string of the molecule is COc1ccc(Oc2ccc(Br)c3oc(C)nc23)cc1. The molecule has 102 valence electrons. The van der Waals surface area contributed by atoms with Crippen molar-refractivity contribution in [2.24, 2.45) is 0 Å². The standard InChI is InChI=1S/C15H12BrNO3/c1-9-17-14-13(8-7-12(16)15(14)19-9)20-11-5-3-10(18-2)4-6-11/h3-8H,1-2H3. The Balaban J connectivity index is 1.99. The number of benzene rings is 2. The van der Waals surface area contributed by atoms with E-state index in [0.29, 0.717) is 22.7 Å². The van der Waals surface area contributed by atoms with Crippen LogP contribution in [0.25, 0.3) is 11.1 Å². The van der Waals surface area contributed by atoms with Crippen LogP contribution in [0.1, 0.15) is 5.89 Å². The fourth-order valence-corrected chi connectivity index (χ4v) is 2.31. The molecule has 1 heterocycles. The molecule has 0 aliphatic carbocycles. The lowest BCUT2D eigenvalue weighted by atomic mass is 10.3. The maximum atomic E-state index is 5.86. The minimum atomic E-state index is 0.603. The van der Waals surface area contributed by atoms with Gasteiger partial charge in [-0.3, -0.25) is 0 Å². The van der Waals surface area contributed by atoms with E-state index < -0.39 is 0 Å². The Morgan fingerprint density at radius 3 is 2.45 bits per heavy atom. The fraction of sp³-hybridized carbons (Fsp3) is 0.133. The van der Waals surface area contributed by atoms with Crippen molar-refractivity contribution < 1.29 is 13.9 Å². The van der Waals surface area contributed by atoms with Crippen molar-refractivity contribution >= 4 is 27.0 Å². The lowest BCUT2D eigenvalue weighted by Crippen LogP contribution is -1.87. The quantitative estimate of drug-likeness (QED) is 0.696. The Bertz CT molecular complexity index is 750. The highest BCUT2D eigenvalue weighted by atomic mass is 79.9. The van der Waals surface area contributed by atoms with E-state index in [2.05, 4.69) is 20.9 Å².